The summed E-state index contributed by atoms with van der Waals surface area (Å²) in [6.07, 6.45) is 3.71. The minimum Gasteiger partial charge on any atom is -0.488 e. The van der Waals surface area contributed by atoms with E-state index in [1.807, 2.05) is 0 Å². The van der Waals surface area contributed by atoms with Gasteiger partial charge in [-0.15, -0.1) is 0 Å². The van der Waals surface area contributed by atoms with Crippen LogP contribution < -0.4 is 10.2 Å². The standard InChI is InChI=1S/C14H21NO2/c1-4-5-6-11-7-8-13-12(9-11)14(15-16-3)10(2)17-13/h7-10,14-15H,4-6H2,1-3H3. The minimum absolute atomic E-state index is 0.117. The lowest BCUT2D eigenvalue weighted by molar-refractivity contribution is 0.0339. The molecule has 1 aromatic rings. The summed E-state index contributed by atoms with van der Waals surface area (Å²) < 4.78 is 5.79. The number of benzene rings is 1. The molecule has 0 saturated carbocycles. The highest BCUT2D eigenvalue weighted by Gasteiger charge is 2.31. The molecule has 0 aromatic heterocycles. The van der Waals surface area contributed by atoms with E-state index in [4.69, 9.17) is 9.57 Å². The van der Waals surface area contributed by atoms with Crippen molar-refractivity contribution in [2.24, 2.45) is 0 Å². The lowest BCUT2D eigenvalue weighted by Gasteiger charge is -2.14. The largest absolute Gasteiger partial charge is 0.488 e. The SMILES string of the molecule is CCCCc1ccc2c(c1)C(NOC)C(C)O2. The van der Waals surface area contributed by atoms with Crippen molar-refractivity contribution in [2.75, 3.05) is 7.11 Å². The zero-order valence-corrected chi connectivity index (χ0v) is 10.8. The van der Waals surface area contributed by atoms with E-state index in [2.05, 4.69) is 37.5 Å². The van der Waals surface area contributed by atoms with Crippen LogP contribution in [-0.2, 0) is 11.3 Å². The summed E-state index contributed by atoms with van der Waals surface area (Å²) in [5, 5.41) is 0. The molecule has 1 N–H and O–H groups in total. The maximum Gasteiger partial charge on any atom is 0.124 e. The molecule has 1 heterocycles. The lowest BCUT2D eigenvalue weighted by Crippen LogP contribution is -2.27. The predicted octanol–water partition coefficient (Wildman–Crippen LogP) is 3.00. The number of fused-ring (bicyclic) bond motifs is 1. The van der Waals surface area contributed by atoms with Crippen molar-refractivity contribution in [1.29, 1.82) is 0 Å². The quantitative estimate of drug-likeness (QED) is 0.796. The Morgan fingerprint density at radius 2 is 2.24 bits per heavy atom. The van der Waals surface area contributed by atoms with E-state index in [0.717, 1.165) is 12.2 Å². The average molecular weight is 235 g/mol. The van der Waals surface area contributed by atoms with Gasteiger partial charge in [-0.1, -0.05) is 25.5 Å². The van der Waals surface area contributed by atoms with E-state index in [1.54, 1.807) is 7.11 Å². The molecule has 3 heteroatoms. The fourth-order valence-electron chi connectivity index (χ4n) is 2.29. The van der Waals surface area contributed by atoms with Crippen molar-refractivity contribution in [3.8, 4) is 5.75 Å². The van der Waals surface area contributed by atoms with Gasteiger partial charge < -0.3 is 9.57 Å². The van der Waals surface area contributed by atoms with Crippen LogP contribution in [0, 0.1) is 0 Å². The van der Waals surface area contributed by atoms with E-state index >= 15 is 0 Å². The van der Waals surface area contributed by atoms with Crippen LogP contribution in [0.5, 0.6) is 5.75 Å². The first-order valence-corrected chi connectivity index (χ1v) is 6.34. The molecule has 2 atom stereocenters. The summed E-state index contributed by atoms with van der Waals surface area (Å²) in [5.74, 6) is 0.979. The van der Waals surface area contributed by atoms with Gasteiger partial charge in [0.15, 0.2) is 0 Å². The highest BCUT2D eigenvalue weighted by atomic mass is 16.6. The molecule has 1 aliphatic heterocycles. The molecule has 0 amide bonds. The second kappa shape index (κ2) is 5.52. The molecule has 3 nitrogen and oxygen atoms in total. The molecular formula is C14H21NO2. The zero-order chi connectivity index (χ0) is 12.3. The van der Waals surface area contributed by atoms with Crippen molar-refractivity contribution in [3.05, 3.63) is 29.3 Å². The van der Waals surface area contributed by atoms with E-state index in [0.29, 0.717) is 0 Å². The Labute approximate surface area is 103 Å². The van der Waals surface area contributed by atoms with Crippen LogP contribution in [0.3, 0.4) is 0 Å². The molecule has 0 saturated heterocycles. The van der Waals surface area contributed by atoms with Crippen molar-refractivity contribution in [1.82, 2.24) is 5.48 Å². The molecule has 0 fully saturated rings. The van der Waals surface area contributed by atoms with E-state index in [9.17, 15) is 0 Å². The Morgan fingerprint density at radius 1 is 1.41 bits per heavy atom. The maximum atomic E-state index is 5.79. The van der Waals surface area contributed by atoms with E-state index < -0.39 is 0 Å². The van der Waals surface area contributed by atoms with Gasteiger partial charge in [0, 0.05) is 5.56 Å². The lowest BCUT2D eigenvalue weighted by atomic mass is 10.00. The van der Waals surface area contributed by atoms with Gasteiger partial charge in [0.25, 0.3) is 0 Å². The maximum absolute atomic E-state index is 5.79. The number of hydrogen-bond donors (Lipinski definition) is 1. The van der Waals surface area contributed by atoms with Crippen LogP contribution in [-0.4, -0.2) is 13.2 Å². The first kappa shape index (κ1) is 12.4. The third kappa shape index (κ3) is 2.61. The van der Waals surface area contributed by atoms with Crippen LogP contribution in [0.4, 0.5) is 0 Å². The fraction of sp³-hybridized carbons (Fsp3) is 0.571. The van der Waals surface area contributed by atoms with Gasteiger partial charge >= 0.3 is 0 Å². The van der Waals surface area contributed by atoms with Gasteiger partial charge in [-0.2, -0.15) is 5.48 Å². The molecular weight excluding hydrogens is 214 g/mol. The molecule has 1 aromatic carbocycles. The molecule has 0 bridgehead atoms. The van der Waals surface area contributed by atoms with Gasteiger partial charge in [0.05, 0.1) is 13.2 Å². The van der Waals surface area contributed by atoms with Gasteiger partial charge in [0.2, 0.25) is 0 Å². The summed E-state index contributed by atoms with van der Waals surface area (Å²) in [6.45, 7) is 4.27. The van der Waals surface area contributed by atoms with Crippen LogP contribution >= 0.6 is 0 Å². The number of aryl methyl sites for hydroxylation is 1. The molecule has 94 valence electrons. The monoisotopic (exact) mass is 235 g/mol. The first-order valence-electron chi connectivity index (χ1n) is 6.34. The number of unbranched alkanes of at least 4 members (excludes halogenated alkanes) is 1. The van der Waals surface area contributed by atoms with Gasteiger partial charge in [-0.25, -0.2) is 0 Å². The zero-order valence-electron chi connectivity index (χ0n) is 10.8. The second-order valence-electron chi connectivity index (χ2n) is 4.60. The Morgan fingerprint density at radius 3 is 2.94 bits per heavy atom. The Bertz CT molecular complexity index is 378. The van der Waals surface area contributed by atoms with Gasteiger partial charge in [-0.05, 0) is 31.4 Å². The number of nitrogens with one attached hydrogen (secondary N) is 1. The normalized spacial score (nSPS) is 22.3. The highest BCUT2D eigenvalue weighted by Crippen LogP contribution is 2.37. The minimum atomic E-state index is 0.117. The Kier molecular flexibility index (Phi) is 4.02. The van der Waals surface area contributed by atoms with Gasteiger partial charge in [0.1, 0.15) is 11.9 Å². The summed E-state index contributed by atoms with van der Waals surface area (Å²) in [5.41, 5.74) is 5.61. The number of rotatable bonds is 5. The van der Waals surface area contributed by atoms with Crippen molar-refractivity contribution in [2.45, 2.75) is 45.3 Å². The highest BCUT2D eigenvalue weighted by molar-refractivity contribution is 5.43. The van der Waals surface area contributed by atoms with Gasteiger partial charge in [-0.3, -0.25) is 0 Å². The molecule has 2 unspecified atom stereocenters. The average Bonchev–Trinajstić information content (AvgIpc) is 2.64. The Balaban J connectivity index is 2.19. The van der Waals surface area contributed by atoms with Crippen LogP contribution in [0.1, 0.15) is 43.9 Å². The van der Waals surface area contributed by atoms with Crippen LogP contribution in [0.25, 0.3) is 0 Å². The molecule has 0 aliphatic carbocycles. The third-order valence-electron chi connectivity index (χ3n) is 3.26. The smallest absolute Gasteiger partial charge is 0.124 e. The van der Waals surface area contributed by atoms with E-state index in [-0.39, 0.29) is 12.1 Å². The first-order chi connectivity index (χ1) is 8.26. The second-order valence-corrected chi connectivity index (χ2v) is 4.60. The van der Waals surface area contributed by atoms with Crippen LogP contribution in [0.2, 0.25) is 0 Å². The number of hydrogen-bond acceptors (Lipinski definition) is 3. The number of ether oxygens (including phenoxy) is 1. The molecule has 0 radical (unpaired) electrons. The molecule has 1 aliphatic rings. The summed E-state index contributed by atoms with van der Waals surface area (Å²) >= 11 is 0. The number of hydroxylamine groups is 1. The van der Waals surface area contributed by atoms with Crippen molar-refractivity contribution < 1.29 is 9.57 Å². The van der Waals surface area contributed by atoms with E-state index in [1.165, 1.54) is 24.0 Å². The third-order valence-corrected chi connectivity index (χ3v) is 3.26. The molecule has 2 rings (SSSR count). The topological polar surface area (TPSA) is 30.5 Å². The molecule has 0 spiro atoms. The van der Waals surface area contributed by atoms with Crippen molar-refractivity contribution >= 4 is 0 Å². The predicted molar refractivity (Wildman–Crippen MR) is 68.0 cm³/mol. The summed E-state index contributed by atoms with van der Waals surface area (Å²) in [4.78, 5) is 5.04. The Hall–Kier alpha value is -1.06. The fourth-order valence-corrected chi connectivity index (χ4v) is 2.29. The summed E-state index contributed by atoms with van der Waals surface area (Å²) in [6, 6.07) is 6.62. The van der Waals surface area contributed by atoms with Crippen molar-refractivity contribution in [3.63, 3.8) is 0 Å². The molecule has 17 heavy (non-hydrogen) atoms. The van der Waals surface area contributed by atoms with Crippen LogP contribution in [0.15, 0.2) is 18.2 Å². The summed E-state index contributed by atoms with van der Waals surface area (Å²) in [7, 11) is 1.64.